The molecule has 0 aromatic heterocycles. The number of hydrogen-bond acceptors (Lipinski definition) is 3. The molecule has 0 spiro atoms. The number of methoxy groups -OCH3 is 1. The first kappa shape index (κ1) is 17.1. The predicted octanol–water partition coefficient (Wildman–Crippen LogP) is -2.26. The van der Waals surface area contributed by atoms with Crippen molar-refractivity contribution in [1.29, 1.82) is 0 Å². The summed E-state index contributed by atoms with van der Waals surface area (Å²) >= 11 is 0. The predicted molar refractivity (Wildman–Crippen MR) is 88.5 cm³/mol. The van der Waals surface area contributed by atoms with E-state index in [1.54, 1.807) is 12.0 Å². The van der Waals surface area contributed by atoms with E-state index in [1.807, 2.05) is 6.07 Å². The van der Waals surface area contributed by atoms with Crippen LogP contribution >= 0.6 is 0 Å². The average molecular weight is 333 g/mol. The van der Waals surface area contributed by atoms with Crippen LogP contribution in [0.2, 0.25) is 0 Å². The van der Waals surface area contributed by atoms with E-state index >= 15 is 0 Å². The van der Waals surface area contributed by atoms with Crippen molar-refractivity contribution in [3.63, 3.8) is 0 Å². The molecule has 2 fully saturated rings. The van der Waals surface area contributed by atoms with Crippen molar-refractivity contribution in [2.75, 3.05) is 46.4 Å². The molecular formula is C18H27N3O3+2. The minimum atomic E-state index is -0.187. The number of quaternary nitrogens is 2. The first-order chi connectivity index (χ1) is 11.7. The molecule has 2 amide bonds. The molecule has 1 aromatic rings. The molecule has 1 atom stereocenters. The second-order valence-corrected chi connectivity index (χ2v) is 6.70. The summed E-state index contributed by atoms with van der Waals surface area (Å²) in [6, 6.07) is 10.3. The van der Waals surface area contributed by atoms with Crippen LogP contribution in [-0.2, 0) is 20.9 Å². The lowest BCUT2D eigenvalue weighted by Gasteiger charge is -2.32. The molecule has 2 N–H and O–H groups in total. The van der Waals surface area contributed by atoms with Gasteiger partial charge in [0.2, 0.25) is 5.91 Å². The maximum Gasteiger partial charge on any atom is 0.288 e. The molecule has 1 aromatic carbocycles. The highest BCUT2D eigenvalue weighted by molar-refractivity contribution is 6.04. The van der Waals surface area contributed by atoms with Crippen molar-refractivity contribution in [2.24, 2.45) is 0 Å². The first-order valence-electron chi connectivity index (χ1n) is 8.74. The van der Waals surface area contributed by atoms with E-state index in [0.29, 0.717) is 19.6 Å². The number of rotatable bonds is 6. The van der Waals surface area contributed by atoms with E-state index in [0.717, 1.165) is 32.7 Å². The molecule has 0 unspecified atom stereocenters. The number of piperazine rings is 1. The normalized spacial score (nSPS) is 27.7. The lowest BCUT2D eigenvalue weighted by molar-refractivity contribution is -1.02. The summed E-state index contributed by atoms with van der Waals surface area (Å²) in [7, 11) is 1.59. The van der Waals surface area contributed by atoms with Crippen molar-refractivity contribution in [3.05, 3.63) is 35.9 Å². The number of benzene rings is 1. The number of nitrogens with zero attached hydrogens (tertiary/aromatic N) is 1. The molecule has 6 heteroatoms. The van der Waals surface area contributed by atoms with Crippen LogP contribution in [0, 0.1) is 0 Å². The quantitative estimate of drug-likeness (QED) is 0.578. The van der Waals surface area contributed by atoms with Crippen LogP contribution in [0.1, 0.15) is 12.0 Å². The molecule has 0 saturated carbocycles. The Balaban J connectivity index is 1.51. The summed E-state index contributed by atoms with van der Waals surface area (Å²) in [5.74, 6) is -0.0628. The van der Waals surface area contributed by atoms with Gasteiger partial charge < -0.3 is 14.5 Å². The number of imide groups is 1. The van der Waals surface area contributed by atoms with Gasteiger partial charge in [-0.3, -0.25) is 14.5 Å². The summed E-state index contributed by atoms with van der Waals surface area (Å²) in [5.41, 5.74) is 1.36. The van der Waals surface area contributed by atoms with Crippen molar-refractivity contribution < 1.29 is 24.1 Å². The van der Waals surface area contributed by atoms with Gasteiger partial charge in [0.1, 0.15) is 32.7 Å². The molecule has 2 aliphatic heterocycles. The summed E-state index contributed by atoms with van der Waals surface area (Å²) in [6.07, 6.45) is 0.353. The van der Waals surface area contributed by atoms with Crippen molar-refractivity contribution in [2.45, 2.75) is 19.0 Å². The van der Waals surface area contributed by atoms with Gasteiger partial charge in [-0.15, -0.1) is 0 Å². The van der Waals surface area contributed by atoms with Gasteiger partial charge in [-0.1, -0.05) is 30.3 Å². The Kier molecular flexibility index (Phi) is 5.60. The van der Waals surface area contributed by atoms with E-state index in [-0.39, 0.29) is 17.9 Å². The molecule has 2 saturated heterocycles. The van der Waals surface area contributed by atoms with Crippen LogP contribution in [0.4, 0.5) is 0 Å². The highest BCUT2D eigenvalue weighted by Gasteiger charge is 2.45. The van der Waals surface area contributed by atoms with E-state index in [9.17, 15) is 9.59 Å². The third-order valence-corrected chi connectivity index (χ3v) is 5.15. The van der Waals surface area contributed by atoms with Crippen LogP contribution in [0.3, 0.4) is 0 Å². The fourth-order valence-electron chi connectivity index (χ4n) is 3.75. The molecular weight excluding hydrogens is 306 g/mol. The van der Waals surface area contributed by atoms with E-state index < -0.39 is 0 Å². The average Bonchev–Trinajstić information content (AvgIpc) is 2.89. The van der Waals surface area contributed by atoms with Crippen LogP contribution in [-0.4, -0.2) is 69.2 Å². The maximum absolute atomic E-state index is 12.5. The molecule has 0 aliphatic carbocycles. The van der Waals surface area contributed by atoms with Crippen molar-refractivity contribution in [3.8, 4) is 0 Å². The Morgan fingerprint density at radius 2 is 1.83 bits per heavy atom. The fraction of sp³-hybridized carbons (Fsp3) is 0.556. The monoisotopic (exact) mass is 333 g/mol. The van der Waals surface area contributed by atoms with Crippen LogP contribution in [0.5, 0.6) is 0 Å². The minimum Gasteiger partial charge on any atom is -0.383 e. The topological polar surface area (TPSA) is 55.5 Å². The van der Waals surface area contributed by atoms with Crippen molar-refractivity contribution in [1.82, 2.24) is 4.90 Å². The van der Waals surface area contributed by atoms with Crippen LogP contribution in [0.25, 0.3) is 0 Å². The molecule has 24 heavy (non-hydrogen) atoms. The van der Waals surface area contributed by atoms with Gasteiger partial charge in [-0.25, -0.2) is 0 Å². The van der Waals surface area contributed by atoms with E-state index in [2.05, 4.69) is 24.3 Å². The summed E-state index contributed by atoms with van der Waals surface area (Å²) in [6.45, 7) is 5.80. The Morgan fingerprint density at radius 1 is 1.12 bits per heavy atom. The minimum absolute atomic E-state index is 0.0152. The van der Waals surface area contributed by atoms with Crippen LogP contribution < -0.4 is 9.80 Å². The zero-order valence-corrected chi connectivity index (χ0v) is 14.3. The standard InChI is InChI=1S/C18H25N3O3/c1-24-12-11-21-17(22)13-16(18(21)23)20-9-7-19(8-10-20)14-15-5-3-2-4-6-15/h2-6,16H,7-14H2,1H3/p+2/t16-/m1/s1. The van der Waals surface area contributed by atoms with Gasteiger partial charge >= 0.3 is 0 Å². The smallest absolute Gasteiger partial charge is 0.288 e. The SMILES string of the molecule is COCCN1C(=O)C[C@@H]([NH+]2CC[NH+](Cc3ccccc3)CC2)C1=O. The van der Waals surface area contributed by atoms with Gasteiger partial charge in [0, 0.05) is 12.7 Å². The fourth-order valence-corrected chi connectivity index (χ4v) is 3.75. The zero-order chi connectivity index (χ0) is 16.9. The van der Waals surface area contributed by atoms with Gasteiger partial charge in [0.15, 0.2) is 6.04 Å². The van der Waals surface area contributed by atoms with Gasteiger partial charge in [-0.2, -0.15) is 0 Å². The number of carbonyl (C=O) groups excluding carboxylic acids is 2. The lowest BCUT2D eigenvalue weighted by atomic mass is 10.1. The Hall–Kier alpha value is -1.76. The van der Waals surface area contributed by atoms with E-state index in [1.165, 1.54) is 15.4 Å². The Morgan fingerprint density at radius 3 is 2.50 bits per heavy atom. The second-order valence-electron chi connectivity index (χ2n) is 6.70. The number of hydrogen-bond donors (Lipinski definition) is 2. The molecule has 0 bridgehead atoms. The Bertz CT molecular complexity index is 570. The molecule has 6 nitrogen and oxygen atoms in total. The molecule has 3 rings (SSSR count). The molecule has 0 radical (unpaired) electrons. The summed E-state index contributed by atoms with van der Waals surface area (Å²) in [4.78, 5) is 28.8. The molecule has 130 valence electrons. The van der Waals surface area contributed by atoms with Crippen LogP contribution in [0.15, 0.2) is 30.3 Å². The third-order valence-electron chi connectivity index (χ3n) is 5.15. The first-order valence-corrected chi connectivity index (χ1v) is 8.74. The maximum atomic E-state index is 12.5. The summed E-state index contributed by atoms with van der Waals surface area (Å²) in [5, 5.41) is 0. The van der Waals surface area contributed by atoms with Gasteiger partial charge in [-0.05, 0) is 0 Å². The van der Waals surface area contributed by atoms with E-state index in [4.69, 9.17) is 4.74 Å². The van der Waals surface area contributed by atoms with Gasteiger partial charge in [0.05, 0.1) is 19.6 Å². The number of ether oxygens (including phenoxy) is 1. The van der Waals surface area contributed by atoms with Crippen molar-refractivity contribution >= 4 is 11.8 Å². The lowest BCUT2D eigenvalue weighted by Crippen LogP contribution is -3.29. The number of carbonyl (C=O) groups is 2. The Labute approximate surface area is 143 Å². The second kappa shape index (κ2) is 7.88. The highest BCUT2D eigenvalue weighted by Crippen LogP contribution is 2.10. The number of amides is 2. The number of likely N-dealkylation sites (tertiary alicyclic amines) is 1. The highest BCUT2D eigenvalue weighted by atomic mass is 16.5. The van der Waals surface area contributed by atoms with Gasteiger partial charge in [0.25, 0.3) is 5.91 Å². The number of nitrogens with one attached hydrogen (secondary N) is 2. The third kappa shape index (κ3) is 3.83. The molecule has 2 aliphatic rings. The largest absolute Gasteiger partial charge is 0.383 e. The zero-order valence-electron chi connectivity index (χ0n) is 14.3. The summed E-state index contributed by atoms with van der Waals surface area (Å²) < 4.78 is 5.00. The molecule has 2 heterocycles.